The second-order valence-corrected chi connectivity index (χ2v) is 6.86. The molecule has 4 nitrogen and oxygen atoms in total. The van der Waals surface area contributed by atoms with Gasteiger partial charge in [-0.2, -0.15) is 11.8 Å². The van der Waals surface area contributed by atoms with Crippen molar-refractivity contribution in [3.05, 3.63) is 24.3 Å². The predicted molar refractivity (Wildman–Crippen MR) is 89.1 cm³/mol. The molecule has 116 valence electrons. The van der Waals surface area contributed by atoms with Gasteiger partial charge in [-0.3, -0.25) is 4.79 Å². The summed E-state index contributed by atoms with van der Waals surface area (Å²) < 4.78 is 5.67. The number of nitrogens with one attached hydrogen (secondary N) is 2. The van der Waals surface area contributed by atoms with Gasteiger partial charge in [0.25, 0.3) is 0 Å². The highest BCUT2D eigenvalue weighted by molar-refractivity contribution is 7.99. The summed E-state index contributed by atoms with van der Waals surface area (Å²) in [5.74, 6) is 3.47. The maximum Gasteiger partial charge on any atom is 0.225 e. The van der Waals surface area contributed by atoms with Crippen LogP contribution in [0.15, 0.2) is 24.3 Å². The highest BCUT2D eigenvalue weighted by Gasteiger charge is 2.16. The van der Waals surface area contributed by atoms with E-state index in [-0.39, 0.29) is 11.9 Å². The number of thioether (sulfide) groups is 1. The molecule has 1 fully saturated rings. The molecule has 21 heavy (non-hydrogen) atoms. The lowest BCUT2D eigenvalue weighted by Gasteiger charge is -2.22. The average Bonchev–Trinajstić information content (AvgIpc) is 2.46. The molecule has 2 rings (SSSR count). The van der Waals surface area contributed by atoms with Gasteiger partial charge < -0.3 is 15.4 Å². The van der Waals surface area contributed by atoms with Crippen LogP contribution in [0.1, 0.15) is 20.3 Å². The van der Waals surface area contributed by atoms with Gasteiger partial charge in [0.1, 0.15) is 5.75 Å². The molecule has 0 bridgehead atoms. The van der Waals surface area contributed by atoms with Crippen molar-refractivity contribution >= 4 is 23.4 Å². The first-order valence-corrected chi connectivity index (χ1v) is 8.63. The number of rotatable bonds is 6. The molecule has 1 aromatic carbocycles. The molecule has 1 saturated heterocycles. The third kappa shape index (κ3) is 5.98. The SMILES string of the molecule is CC(C)COc1cccc(NC(=O)CC2CSCCN2)c1. The molecule has 5 heteroatoms. The maximum absolute atomic E-state index is 12.1. The minimum Gasteiger partial charge on any atom is -0.493 e. The summed E-state index contributed by atoms with van der Waals surface area (Å²) in [4.78, 5) is 12.1. The fourth-order valence-electron chi connectivity index (χ4n) is 2.11. The van der Waals surface area contributed by atoms with Gasteiger partial charge >= 0.3 is 0 Å². The molecule has 1 aromatic rings. The Morgan fingerprint density at radius 2 is 2.38 bits per heavy atom. The molecule has 0 spiro atoms. The summed E-state index contributed by atoms with van der Waals surface area (Å²) in [6.07, 6.45) is 0.518. The van der Waals surface area contributed by atoms with Crippen LogP contribution >= 0.6 is 11.8 Å². The Morgan fingerprint density at radius 1 is 1.52 bits per heavy atom. The first-order chi connectivity index (χ1) is 10.1. The van der Waals surface area contributed by atoms with E-state index in [4.69, 9.17) is 4.74 Å². The first kappa shape index (κ1) is 16.2. The van der Waals surface area contributed by atoms with Crippen molar-refractivity contribution in [3.63, 3.8) is 0 Å². The monoisotopic (exact) mass is 308 g/mol. The van der Waals surface area contributed by atoms with Gasteiger partial charge in [0.15, 0.2) is 0 Å². The van der Waals surface area contributed by atoms with E-state index in [1.54, 1.807) is 0 Å². The minimum atomic E-state index is 0.0519. The van der Waals surface area contributed by atoms with Crippen LogP contribution < -0.4 is 15.4 Å². The van der Waals surface area contributed by atoms with Crippen molar-refractivity contribution in [1.82, 2.24) is 5.32 Å². The third-order valence-corrected chi connectivity index (χ3v) is 4.26. The number of benzene rings is 1. The molecule has 1 atom stereocenters. The van der Waals surface area contributed by atoms with Crippen molar-refractivity contribution in [2.45, 2.75) is 26.3 Å². The summed E-state index contributed by atoms with van der Waals surface area (Å²) >= 11 is 1.90. The lowest BCUT2D eigenvalue weighted by molar-refractivity contribution is -0.116. The zero-order chi connectivity index (χ0) is 15.1. The first-order valence-electron chi connectivity index (χ1n) is 7.47. The topological polar surface area (TPSA) is 50.4 Å². The number of carbonyl (C=O) groups is 1. The van der Waals surface area contributed by atoms with Gasteiger partial charge in [-0.1, -0.05) is 19.9 Å². The number of hydrogen-bond donors (Lipinski definition) is 2. The van der Waals surface area contributed by atoms with Crippen molar-refractivity contribution in [3.8, 4) is 5.75 Å². The highest BCUT2D eigenvalue weighted by atomic mass is 32.2. The Labute approximate surface area is 131 Å². The molecular formula is C16H24N2O2S. The molecule has 0 saturated carbocycles. The molecule has 1 amide bonds. The second kappa shape index (κ2) is 8.29. The fourth-order valence-corrected chi connectivity index (χ4v) is 3.06. The standard InChI is InChI=1S/C16H24N2O2S/c1-12(2)10-20-15-5-3-4-13(8-15)18-16(19)9-14-11-21-7-6-17-14/h3-5,8,12,14,17H,6-7,9-11H2,1-2H3,(H,18,19). The second-order valence-electron chi connectivity index (χ2n) is 5.71. The summed E-state index contributed by atoms with van der Waals surface area (Å²) in [5.41, 5.74) is 0.796. The summed E-state index contributed by atoms with van der Waals surface area (Å²) in [5, 5.41) is 6.32. The van der Waals surface area contributed by atoms with Crippen molar-refractivity contribution in [1.29, 1.82) is 0 Å². The van der Waals surface area contributed by atoms with Crippen LogP contribution in [0, 0.1) is 5.92 Å². The Balaban J connectivity index is 1.83. The van der Waals surface area contributed by atoms with Crippen LogP contribution in [-0.2, 0) is 4.79 Å². The number of ether oxygens (including phenoxy) is 1. The number of hydrogen-bond acceptors (Lipinski definition) is 4. The largest absolute Gasteiger partial charge is 0.493 e. The van der Waals surface area contributed by atoms with Crippen LogP contribution in [0.4, 0.5) is 5.69 Å². The highest BCUT2D eigenvalue weighted by Crippen LogP contribution is 2.19. The van der Waals surface area contributed by atoms with Crippen molar-refractivity contribution in [2.75, 3.05) is 30.0 Å². The van der Waals surface area contributed by atoms with Crippen molar-refractivity contribution in [2.24, 2.45) is 5.92 Å². The summed E-state index contributed by atoms with van der Waals surface area (Å²) in [6, 6.07) is 7.87. The van der Waals surface area contributed by atoms with Crippen LogP contribution in [0.2, 0.25) is 0 Å². The van der Waals surface area contributed by atoms with Gasteiger partial charge in [-0.15, -0.1) is 0 Å². The maximum atomic E-state index is 12.1. The normalized spacial score (nSPS) is 18.5. The molecule has 1 heterocycles. The summed E-state index contributed by atoms with van der Waals surface area (Å²) in [6.45, 7) is 5.89. The quantitative estimate of drug-likeness (QED) is 0.848. The van der Waals surface area contributed by atoms with E-state index in [1.165, 1.54) is 0 Å². The molecule has 0 aliphatic carbocycles. The average molecular weight is 308 g/mol. The Kier molecular flexibility index (Phi) is 6.39. The molecule has 0 radical (unpaired) electrons. The van der Waals surface area contributed by atoms with Crippen molar-refractivity contribution < 1.29 is 9.53 Å². The van der Waals surface area contributed by atoms with E-state index < -0.39 is 0 Å². The van der Waals surface area contributed by atoms with E-state index in [9.17, 15) is 4.79 Å². The van der Waals surface area contributed by atoms with E-state index in [1.807, 2.05) is 36.0 Å². The smallest absolute Gasteiger partial charge is 0.225 e. The third-order valence-electron chi connectivity index (χ3n) is 3.13. The van der Waals surface area contributed by atoms with Crippen LogP contribution in [-0.4, -0.2) is 36.6 Å². The Morgan fingerprint density at radius 3 is 3.10 bits per heavy atom. The predicted octanol–water partition coefficient (Wildman–Crippen LogP) is 2.76. The lowest BCUT2D eigenvalue weighted by atomic mass is 10.2. The van der Waals surface area contributed by atoms with Gasteiger partial charge in [-0.05, 0) is 18.1 Å². The molecule has 0 aromatic heterocycles. The molecule has 1 aliphatic rings. The molecule has 1 aliphatic heterocycles. The van der Waals surface area contributed by atoms with Crippen LogP contribution in [0.25, 0.3) is 0 Å². The Bertz CT molecular complexity index is 459. The van der Waals surface area contributed by atoms with Crippen LogP contribution in [0.5, 0.6) is 5.75 Å². The van der Waals surface area contributed by atoms with E-state index >= 15 is 0 Å². The fraction of sp³-hybridized carbons (Fsp3) is 0.562. The van der Waals surface area contributed by atoms with Gasteiger partial charge in [0.2, 0.25) is 5.91 Å². The molecule has 2 N–H and O–H groups in total. The van der Waals surface area contributed by atoms with Gasteiger partial charge in [0.05, 0.1) is 6.61 Å². The number of anilines is 1. The summed E-state index contributed by atoms with van der Waals surface area (Å²) in [7, 11) is 0. The zero-order valence-electron chi connectivity index (χ0n) is 12.7. The molecule has 1 unspecified atom stereocenters. The number of amides is 1. The van der Waals surface area contributed by atoms with E-state index in [0.29, 0.717) is 18.9 Å². The molecular weight excluding hydrogens is 284 g/mol. The number of carbonyl (C=O) groups excluding carboxylic acids is 1. The zero-order valence-corrected chi connectivity index (χ0v) is 13.5. The van der Waals surface area contributed by atoms with E-state index in [0.717, 1.165) is 29.5 Å². The Hall–Kier alpha value is -1.20. The minimum absolute atomic E-state index is 0.0519. The van der Waals surface area contributed by atoms with Crippen LogP contribution in [0.3, 0.4) is 0 Å². The van der Waals surface area contributed by atoms with E-state index in [2.05, 4.69) is 24.5 Å². The van der Waals surface area contributed by atoms with Gasteiger partial charge in [-0.25, -0.2) is 0 Å². The lowest BCUT2D eigenvalue weighted by Crippen LogP contribution is -2.39. The van der Waals surface area contributed by atoms with Gasteiger partial charge in [0, 0.05) is 42.3 Å².